The van der Waals surface area contributed by atoms with Crippen molar-refractivity contribution in [2.45, 2.75) is 33.1 Å². The third kappa shape index (κ3) is 3.22. The van der Waals surface area contributed by atoms with Crippen molar-refractivity contribution in [3.05, 3.63) is 28.8 Å². The van der Waals surface area contributed by atoms with Gasteiger partial charge in [-0.3, -0.25) is 0 Å². The predicted molar refractivity (Wildman–Crippen MR) is 61.2 cm³/mol. The van der Waals surface area contributed by atoms with Gasteiger partial charge in [0.1, 0.15) is 5.75 Å². The molecule has 0 aromatic heterocycles. The van der Waals surface area contributed by atoms with Crippen LogP contribution < -0.4 is 4.74 Å². The van der Waals surface area contributed by atoms with Crippen LogP contribution in [0.5, 0.6) is 5.75 Å². The maximum absolute atomic E-state index is 6.12. The van der Waals surface area contributed by atoms with Gasteiger partial charge in [-0.05, 0) is 37.5 Å². The fraction of sp³-hybridized carbons (Fsp3) is 0.500. The van der Waals surface area contributed by atoms with Gasteiger partial charge in [-0.25, -0.2) is 0 Å². The SMILES string of the molecule is CCCCc1ccc(OCC)cc1Cl. The Hall–Kier alpha value is -0.690. The van der Waals surface area contributed by atoms with E-state index >= 15 is 0 Å². The highest BCUT2D eigenvalue weighted by molar-refractivity contribution is 6.31. The summed E-state index contributed by atoms with van der Waals surface area (Å²) < 4.78 is 5.36. The minimum absolute atomic E-state index is 0.685. The minimum atomic E-state index is 0.685. The van der Waals surface area contributed by atoms with Crippen LogP contribution in [0.15, 0.2) is 18.2 Å². The number of ether oxygens (including phenoxy) is 1. The normalized spacial score (nSPS) is 10.2. The summed E-state index contributed by atoms with van der Waals surface area (Å²) in [6.07, 6.45) is 3.44. The Morgan fingerprint density at radius 3 is 2.64 bits per heavy atom. The van der Waals surface area contributed by atoms with Gasteiger partial charge in [-0.1, -0.05) is 31.0 Å². The standard InChI is InChI=1S/C12H17ClO/c1-3-5-6-10-7-8-11(14-4-2)9-12(10)13/h7-9H,3-6H2,1-2H3. The van der Waals surface area contributed by atoms with Crippen LogP contribution in [0.1, 0.15) is 32.3 Å². The lowest BCUT2D eigenvalue weighted by atomic mass is 10.1. The fourth-order valence-corrected chi connectivity index (χ4v) is 1.62. The first-order valence-electron chi connectivity index (χ1n) is 5.19. The zero-order chi connectivity index (χ0) is 10.4. The summed E-state index contributed by atoms with van der Waals surface area (Å²) in [7, 11) is 0. The Bertz CT molecular complexity index is 284. The van der Waals surface area contributed by atoms with E-state index in [0.29, 0.717) is 6.61 Å². The van der Waals surface area contributed by atoms with Gasteiger partial charge in [0, 0.05) is 5.02 Å². The van der Waals surface area contributed by atoms with Crippen molar-refractivity contribution < 1.29 is 4.74 Å². The number of benzene rings is 1. The topological polar surface area (TPSA) is 9.23 Å². The molecule has 0 saturated heterocycles. The number of halogens is 1. The van der Waals surface area contributed by atoms with Crippen LogP contribution in [-0.4, -0.2) is 6.61 Å². The Kier molecular flexibility index (Phi) is 4.81. The lowest BCUT2D eigenvalue weighted by Crippen LogP contribution is -1.93. The molecule has 0 aliphatic carbocycles. The number of hydrogen-bond donors (Lipinski definition) is 0. The first-order chi connectivity index (χ1) is 6.77. The van der Waals surface area contributed by atoms with Crippen molar-refractivity contribution in [3.63, 3.8) is 0 Å². The van der Waals surface area contributed by atoms with E-state index in [1.165, 1.54) is 18.4 Å². The Morgan fingerprint density at radius 1 is 1.29 bits per heavy atom. The summed E-state index contributed by atoms with van der Waals surface area (Å²) in [6.45, 7) is 4.84. The van der Waals surface area contributed by atoms with Crippen LogP contribution in [0.4, 0.5) is 0 Å². The van der Waals surface area contributed by atoms with Crippen molar-refractivity contribution in [2.24, 2.45) is 0 Å². The highest BCUT2D eigenvalue weighted by Gasteiger charge is 2.01. The second-order valence-corrected chi connectivity index (χ2v) is 3.70. The molecule has 78 valence electrons. The smallest absolute Gasteiger partial charge is 0.120 e. The van der Waals surface area contributed by atoms with E-state index in [0.717, 1.165) is 17.2 Å². The molecule has 0 spiro atoms. The summed E-state index contributed by atoms with van der Waals surface area (Å²) >= 11 is 6.12. The molecular formula is C12H17ClO. The molecule has 0 bridgehead atoms. The zero-order valence-electron chi connectivity index (χ0n) is 8.85. The average Bonchev–Trinajstić information content (AvgIpc) is 2.17. The van der Waals surface area contributed by atoms with E-state index < -0.39 is 0 Å². The van der Waals surface area contributed by atoms with Gasteiger partial charge in [-0.2, -0.15) is 0 Å². The van der Waals surface area contributed by atoms with E-state index in [4.69, 9.17) is 16.3 Å². The fourth-order valence-electron chi connectivity index (χ4n) is 1.35. The molecule has 0 fully saturated rings. The highest BCUT2D eigenvalue weighted by atomic mass is 35.5. The van der Waals surface area contributed by atoms with Crippen LogP contribution >= 0.6 is 11.6 Å². The van der Waals surface area contributed by atoms with E-state index in [9.17, 15) is 0 Å². The molecule has 0 heterocycles. The number of hydrogen-bond acceptors (Lipinski definition) is 1. The summed E-state index contributed by atoms with van der Waals surface area (Å²) in [6, 6.07) is 5.94. The van der Waals surface area contributed by atoms with E-state index in [1.807, 2.05) is 19.1 Å². The minimum Gasteiger partial charge on any atom is -0.494 e. The molecule has 1 rings (SSSR count). The van der Waals surface area contributed by atoms with Crippen molar-refractivity contribution in [3.8, 4) is 5.75 Å². The van der Waals surface area contributed by atoms with Gasteiger partial charge >= 0.3 is 0 Å². The lowest BCUT2D eigenvalue weighted by Gasteiger charge is -2.07. The molecule has 1 nitrogen and oxygen atoms in total. The van der Waals surface area contributed by atoms with Gasteiger partial charge < -0.3 is 4.74 Å². The molecule has 0 N–H and O–H groups in total. The molecule has 14 heavy (non-hydrogen) atoms. The predicted octanol–water partition coefficient (Wildman–Crippen LogP) is 4.08. The molecule has 0 atom stereocenters. The molecule has 0 saturated carbocycles. The Balaban J connectivity index is 2.68. The van der Waals surface area contributed by atoms with Gasteiger partial charge in [-0.15, -0.1) is 0 Å². The van der Waals surface area contributed by atoms with Gasteiger partial charge in [0.15, 0.2) is 0 Å². The maximum atomic E-state index is 6.12. The number of rotatable bonds is 5. The van der Waals surface area contributed by atoms with Gasteiger partial charge in [0.2, 0.25) is 0 Å². The van der Waals surface area contributed by atoms with Gasteiger partial charge in [0.05, 0.1) is 6.61 Å². The van der Waals surface area contributed by atoms with Crippen molar-refractivity contribution in [1.82, 2.24) is 0 Å². The summed E-state index contributed by atoms with van der Waals surface area (Å²) in [4.78, 5) is 0. The molecule has 2 heteroatoms. The van der Waals surface area contributed by atoms with E-state index in [-0.39, 0.29) is 0 Å². The van der Waals surface area contributed by atoms with Crippen molar-refractivity contribution >= 4 is 11.6 Å². The quantitative estimate of drug-likeness (QED) is 0.715. The molecule has 0 aliphatic heterocycles. The molecular weight excluding hydrogens is 196 g/mol. The number of aryl methyl sites for hydroxylation is 1. The molecule has 0 unspecified atom stereocenters. The van der Waals surface area contributed by atoms with Crippen LogP contribution in [0, 0.1) is 0 Å². The van der Waals surface area contributed by atoms with Crippen molar-refractivity contribution in [1.29, 1.82) is 0 Å². The molecule has 0 amide bonds. The molecule has 0 radical (unpaired) electrons. The third-order valence-electron chi connectivity index (χ3n) is 2.14. The second kappa shape index (κ2) is 5.92. The van der Waals surface area contributed by atoms with E-state index in [1.54, 1.807) is 0 Å². The van der Waals surface area contributed by atoms with E-state index in [2.05, 4.69) is 13.0 Å². The lowest BCUT2D eigenvalue weighted by molar-refractivity contribution is 0.340. The molecule has 0 aliphatic rings. The summed E-state index contributed by atoms with van der Waals surface area (Å²) in [5, 5.41) is 0.824. The monoisotopic (exact) mass is 212 g/mol. The average molecular weight is 213 g/mol. The van der Waals surface area contributed by atoms with Crippen LogP contribution in [0.3, 0.4) is 0 Å². The van der Waals surface area contributed by atoms with Crippen LogP contribution in [0.25, 0.3) is 0 Å². The maximum Gasteiger partial charge on any atom is 0.120 e. The molecule has 1 aromatic rings. The molecule has 1 aromatic carbocycles. The first kappa shape index (κ1) is 11.4. The van der Waals surface area contributed by atoms with Crippen LogP contribution in [0.2, 0.25) is 5.02 Å². The van der Waals surface area contributed by atoms with Crippen LogP contribution in [-0.2, 0) is 6.42 Å². The van der Waals surface area contributed by atoms with Crippen molar-refractivity contribution in [2.75, 3.05) is 6.61 Å². The largest absolute Gasteiger partial charge is 0.494 e. The Morgan fingerprint density at radius 2 is 2.07 bits per heavy atom. The summed E-state index contributed by atoms with van der Waals surface area (Å²) in [5.74, 6) is 0.859. The van der Waals surface area contributed by atoms with Gasteiger partial charge in [0.25, 0.3) is 0 Å². The first-order valence-corrected chi connectivity index (χ1v) is 5.57. The number of unbranched alkanes of at least 4 members (excludes halogenated alkanes) is 1. The second-order valence-electron chi connectivity index (χ2n) is 3.29. The third-order valence-corrected chi connectivity index (χ3v) is 2.49. The Labute approximate surface area is 91.0 Å². The highest BCUT2D eigenvalue weighted by Crippen LogP contribution is 2.23. The summed E-state index contributed by atoms with van der Waals surface area (Å²) in [5.41, 5.74) is 1.22. The zero-order valence-corrected chi connectivity index (χ0v) is 9.60.